The first-order valence-electron chi connectivity index (χ1n) is 8.42. The Morgan fingerprint density at radius 1 is 1.04 bits per heavy atom. The molecule has 128 valence electrons. The third-order valence-electron chi connectivity index (χ3n) is 3.43. The van der Waals surface area contributed by atoms with E-state index in [0.717, 1.165) is 25.7 Å². The van der Waals surface area contributed by atoms with Crippen LogP contribution in [-0.2, 0) is 9.47 Å². The highest BCUT2D eigenvalue weighted by atomic mass is 16.5. The van der Waals surface area contributed by atoms with Crippen LogP contribution in [-0.4, -0.2) is 24.6 Å². The topological polar surface area (TPSA) is 52.6 Å². The second kappa shape index (κ2) is 10.0. The van der Waals surface area contributed by atoms with Crippen molar-refractivity contribution in [2.45, 2.75) is 59.5 Å². The molecule has 0 aliphatic rings. The van der Waals surface area contributed by atoms with Crippen molar-refractivity contribution in [3.63, 3.8) is 0 Å². The van der Waals surface area contributed by atoms with Crippen LogP contribution in [0.3, 0.4) is 0 Å². The molecule has 0 fully saturated rings. The lowest BCUT2D eigenvalue weighted by molar-refractivity contribution is 0.0299. The van der Waals surface area contributed by atoms with Crippen molar-refractivity contribution in [3.8, 4) is 0 Å². The molecule has 0 N–H and O–H groups in total. The summed E-state index contributed by atoms with van der Waals surface area (Å²) in [6.45, 7) is 8.55. The van der Waals surface area contributed by atoms with Gasteiger partial charge in [-0.3, -0.25) is 0 Å². The van der Waals surface area contributed by atoms with Crippen LogP contribution >= 0.6 is 0 Å². The number of esters is 2. The Labute approximate surface area is 139 Å². The molecule has 0 amide bonds. The Balaban J connectivity index is 2.61. The van der Waals surface area contributed by atoms with Gasteiger partial charge in [0, 0.05) is 0 Å². The van der Waals surface area contributed by atoms with Gasteiger partial charge in [0.25, 0.3) is 0 Å². The van der Waals surface area contributed by atoms with Crippen LogP contribution in [0.2, 0.25) is 0 Å². The minimum absolute atomic E-state index is 0.146. The fourth-order valence-corrected chi connectivity index (χ4v) is 2.34. The molecule has 0 saturated heterocycles. The Bertz CT molecular complexity index is 508. The molecular weight excluding hydrogens is 292 g/mol. The molecule has 1 aromatic rings. The van der Waals surface area contributed by atoms with Crippen molar-refractivity contribution in [1.29, 1.82) is 0 Å². The molecule has 1 atom stereocenters. The summed E-state index contributed by atoms with van der Waals surface area (Å²) in [6.07, 6.45) is 3.63. The lowest BCUT2D eigenvalue weighted by atomic mass is 10.1. The maximum absolute atomic E-state index is 12.1. The van der Waals surface area contributed by atoms with Crippen LogP contribution in [0, 0.1) is 5.92 Å². The van der Waals surface area contributed by atoms with Gasteiger partial charge in [-0.2, -0.15) is 0 Å². The molecule has 1 unspecified atom stereocenters. The molecule has 0 bridgehead atoms. The van der Waals surface area contributed by atoms with Gasteiger partial charge in [0.1, 0.15) is 0 Å². The van der Waals surface area contributed by atoms with E-state index in [0.29, 0.717) is 23.7 Å². The van der Waals surface area contributed by atoms with Crippen molar-refractivity contribution in [2.75, 3.05) is 6.61 Å². The third kappa shape index (κ3) is 7.31. The molecule has 4 nitrogen and oxygen atoms in total. The third-order valence-corrected chi connectivity index (χ3v) is 3.43. The SMILES string of the molecule is CCCCCOC(=O)c1cccc(C(=O)OC(C)CC(C)C)c1. The van der Waals surface area contributed by atoms with Crippen LogP contribution in [0.5, 0.6) is 0 Å². The van der Waals surface area contributed by atoms with Crippen molar-refractivity contribution in [2.24, 2.45) is 5.92 Å². The summed E-state index contributed by atoms with van der Waals surface area (Å²) in [7, 11) is 0. The molecule has 0 spiro atoms. The van der Waals surface area contributed by atoms with E-state index >= 15 is 0 Å². The van der Waals surface area contributed by atoms with E-state index < -0.39 is 11.9 Å². The Kier molecular flexibility index (Phi) is 8.38. The van der Waals surface area contributed by atoms with E-state index in [1.165, 1.54) is 6.07 Å². The van der Waals surface area contributed by atoms with Gasteiger partial charge in [0.2, 0.25) is 0 Å². The quantitative estimate of drug-likeness (QED) is 0.492. The van der Waals surface area contributed by atoms with Gasteiger partial charge < -0.3 is 9.47 Å². The Morgan fingerprint density at radius 2 is 1.70 bits per heavy atom. The predicted molar refractivity (Wildman–Crippen MR) is 90.6 cm³/mol. The second-order valence-corrected chi connectivity index (χ2v) is 6.27. The van der Waals surface area contributed by atoms with Crippen LogP contribution in [0.1, 0.15) is 74.1 Å². The molecule has 0 aliphatic carbocycles. The summed E-state index contributed by atoms with van der Waals surface area (Å²) in [4.78, 5) is 24.1. The van der Waals surface area contributed by atoms with Crippen molar-refractivity contribution in [1.82, 2.24) is 0 Å². The summed E-state index contributed by atoms with van der Waals surface area (Å²) in [5.74, 6) is -0.341. The van der Waals surface area contributed by atoms with E-state index in [1.54, 1.807) is 18.2 Å². The molecule has 0 saturated carbocycles. The smallest absolute Gasteiger partial charge is 0.338 e. The van der Waals surface area contributed by atoms with Crippen LogP contribution < -0.4 is 0 Å². The average molecular weight is 320 g/mol. The summed E-state index contributed by atoms with van der Waals surface area (Å²) >= 11 is 0. The minimum Gasteiger partial charge on any atom is -0.462 e. The summed E-state index contributed by atoms with van der Waals surface area (Å²) in [5.41, 5.74) is 0.760. The molecule has 0 aromatic heterocycles. The first kappa shape index (κ1) is 19.2. The largest absolute Gasteiger partial charge is 0.462 e. The molecule has 0 radical (unpaired) electrons. The molecule has 23 heavy (non-hydrogen) atoms. The fraction of sp³-hybridized carbons (Fsp3) is 0.579. The van der Waals surface area contributed by atoms with E-state index in [9.17, 15) is 9.59 Å². The zero-order valence-corrected chi connectivity index (χ0v) is 14.6. The van der Waals surface area contributed by atoms with Gasteiger partial charge in [-0.05, 0) is 43.9 Å². The van der Waals surface area contributed by atoms with Crippen molar-refractivity contribution in [3.05, 3.63) is 35.4 Å². The maximum atomic E-state index is 12.1. The highest BCUT2D eigenvalue weighted by molar-refractivity contribution is 5.95. The minimum atomic E-state index is -0.404. The number of hydrogen-bond donors (Lipinski definition) is 0. The predicted octanol–water partition coefficient (Wildman–Crippen LogP) is 4.63. The van der Waals surface area contributed by atoms with Crippen LogP contribution in [0.15, 0.2) is 24.3 Å². The number of ether oxygens (including phenoxy) is 2. The molecule has 1 rings (SSSR count). The van der Waals surface area contributed by atoms with Crippen molar-refractivity contribution < 1.29 is 19.1 Å². The van der Waals surface area contributed by atoms with Gasteiger partial charge in [0.05, 0.1) is 23.8 Å². The molecule has 1 aromatic carbocycles. The highest BCUT2D eigenvalue weighted by Gasteiger charge is 2.15. The van der Waals surface area contributed by atoms with Gasteiger partial charge in [0.15, 0.2) is 0 Å². The fourth-order valence-electron chi connectivity index (χ4n) is 2.34. The second-order valence-electron chi connectivity index (χ2n) is 6.27. The van der Waals surface area contributed by atoms with Gasteiger partial charge >= 0.3 is 11.9 Å². The first-order chi connectivity index (χ1) is 10.9. The molecule has 0 heterocycles. The van der Waals surface area contributed by atoms with Gasteiger partial charge in [-0.15, -0.1) is 0 Å². The zero-order chi connectivity index (χ0) is 17.2. The number of rotatable bonds is 9. The number of benzene rings is 1. The molecular formula is C19H28O4. The number of unbranched alkanes of at least 4 members (excludes halogenated alkanes) is 2. The summed E-state index contributed by atoms with van der Waals surface area (Å²) in [6, 6.07) is 6.51. The zero-order valence-electron chi connectivity index (χ0n) is 14.6. The standard InChI is InChI=1S/C19H28O4/c1-5-6-7-11-22-18(20)16-9-8-10-17(13-16)19(21)23-15(4)12-14(2)3/h8-10,13-15H,5-7,11-12H2,1-4H3. The first-order valence-corrected chi connectivity index (χ1v) is 8.42. The monoisotopic (exact) mass is 320 g/mol. The Morgan fingerprint density at radius 3 is 2.30 bits per heavy atom. The van der Waals surface area contributed by atoms with E-state index in [1.807, 2.05) is 6.92 Å². The van der Waals surface area contributed by atoms with Crippen molar-refractivity contribution >= 4 is 11.9 Å². The van der Waals surface area contributed by atoms with Crippen LogP contribution in [0.25, 0.3) is 0 Å². The van der Waals surface area contributed by atoms with Crippen LogP contribution in [0.4, 0.5) is 0 Å². The normalized spacial score (nSPS) is 12.0. The number of carbonyl (C=O) groups excluding carboxylic acids is 2. The lowest BCUT2D eigenvalue weighted by Crippen LogP contribution is -2.17. The lowest BCUT2D eigenvalue weighted by Gasteiger charge is -2.15. The molecule has 4 heteroatoms. The number of carbonyl (C=O) groups is 2. The Hall–Kier alpha value is -1.84. The molecule has 0 aliphatic heterocycles. The number of hydrogen-bond acceptors (Lipinski definition) is 4. The highest BCUT2D eigenvalue weighted by Crippen LogP contribution is 2.13. The van der Waals surface area contributed by atoms with Gasteiger partial charge in [-0.1, -0.05) is 39.7 Å². The van der Waals surface area contributed by atoms with E-state index in [-0.39, 0.29) is 6.10 Å². The van der Waals surface area contributed by atoms with E-state index in [2.05, 4.69) is 20.8 Å². The summed E-state index contributed by atoms with van der Waals surface area (Å²) < 4.78 is 10.6. The van der Waals surface area contributed by atoms with Gasteiger partial charge in [-0.25, -0.2) is 9.59 Å². The van der Waals surface area contributed by atoms with E-state index in [4.69, 9.17) is 9.47 Å². The average Bonchev–Trinajstić information content (AvgIpc) is 2.50. The maximum Gasteiger partial charge on any atom is 0.338 e. The summed E-state index contributed by atoms with van der Waals surface area (Å²) in [5, 5.41) is 0.